The number of aromatic hydroxyl groups is 1. The molecule has 2 unspecified atom stereocenters. The van der Waals surface area contributed by atoms with Crippen LogP contribution in [0.1, 0.15) is 67.7 Å². The predicted molar refractivity (Wildman–Crippen MR) is 235 cm³/mol. The zero-order valence-corrected chi connectivity index (χ0v) is 34.9. The van der Waals surface area contributed by atoms with Crippen LogP contribution in [0.2, 0.25) is 0 Å². The minimum Gasteiger partial charge on any atom is -0.507 e. The summed E-state index contributed by atoms with van der Waals surface area (Å²) in [6.45, 7) is 11.6. The van der Waals surface area contributed by atoms with Crippen LogP contribution in [0, 0.1) is 27.7 Å². The molecule has 1 aliphatic carbocycles. The van der Waals surface area contributed by atoms with Crippen molar-refractivity contribution >= 4 is 38.5 Å². The number of piperazine rings is 1. The molecule has 0 radical (unpaired) electrons. The molecular formula is C46H48N12O3. The molecule has 8 aromatic rings. The van der Waals surface area contributed by atoms with Crippen LogP contribution < -0.4 is 26.7 Å². The third kappa shape index (κ3) is 6.54. The number of aromatic nitrogens is 9. The van der Waals surface area contributed by atoms with Gasteiger partial charge in [0.05, 0.1) is 52.8 Å². The summed E-state index contributed by atoms with van der Waals surface area (Å²) in [5, 5.41) is 31.1. The molecule has 3 fully saturated rings. The monoisotopic (exact) mass is 816 g/mol. The Kier molecular flexibility index (Phi) is 8.49. The minimum absolute atomic E-state index is 0.00763. The van der Waals surface area contributed by atoms with Gasteiger partial charge in [0, 0.05) is 71.2 Å². The van der Waals surface area contributed by atoms with Crippen molar-refractivity contribution in [2.75, 3.05) is 18.0 Å². The average molecular weight is 817 g/mol. The molecule has 8 heterocycles. The van der Waals surface area contributed by atoms with E-state index in [9.17, 15) is 14.7 Å². The molecule has 61 heavy (non-hydrogen) atoms. The first-order valence-electron chi connectivity index (χ1n) is 21.2. The van der Waals surface area contributed by atoms with Crippen molar-refractivity contribution in [3.05, 3.63) is 117 Å². The molecular weight excluding hydrogens is 769 g/mol. The van der Waals surface area contributed by atoms with Gasteiger partial charge in [0.1, 0.15) is 5.75 Å². The maximum absolute atomic E-state index is 14.2. The van der Waals surface area contributed by atoms with E-state index in [4.69, 9.17) is 15.2 Å². The number of hydrogen-bond donors (Lipinski definition) is 3. The number of anilines is 1. The van der Waals surface area contributed by atoms with Crippen LogP contribution in [0.15, 0.2) is 83.0 Å². The summed E-state index contributed by atoms with van der Waals surface area (Å²) in [6.07, 6.45) is 13.8. The lowest BCUT2D eigenvalue weighted by molar-refractivity contribution is 0.191. The quantitative estimate of drug-likeness (QED) is 0.195. The average Bonchev–Trinajstić information content (AvgIpc) is 3.64. The van der Waals surface area contributed by atoms with Crippen LogP contribution in [-0.2, 0) is 0 Å². The van der Waals surface area contributed by atoms with Gasteiger partial charge in [-0.15, -0.1) is 0 Å². The fourth-order valence-electron chi connectivity index (χ4n) is 10.2. The molecule has 2 aromatic carbocycles. The number of nitrogens with zero attached hydrogens (tertiary/aromatic N) is 10. The van der Waals surface area contributed by atoms with Gasteiger partial charge >= 0.3 is 0 Å². The van der Waals surface area contributed by atoms with Crippen LogP contribution in [0.3, 0.4) is 0 Å². The van der Waals surface area contributed by atoms with Gasteiger partial charge in [-0.05, 0) is 120 Å². The first kappa shape index (κ1) is 37.5. The van der Waals surface area contributed by atoms with E-state index in [1.54, 1.807) is 26.0 Å². The second-order valence-electron chi connectivity index (χ2n) is 17.9. The molecule has 2 saturated heterocycles. The summed E-state index contributed by atoms with van der Waals surface area (Å²) in [4.78, 5) is 44.3. The number of pyridine rings is 1. The van der Waals surface area contributed by atoms with Gasteiger partial charge in [-0.1, -0.05) is 0 Å². The van der Waals surface area contributed by atoms with E-state index >= 15 is 0 Å². The summed E-state index contributed by atoms with van der Waals surface area (Å²) >= 11 is 0. The molecule has 310 valence electrons. The number of nitrogens with one attached hydrogen (secondary N) is 2. The molecule has 11 rings (SSSR count). The predicted octanol–water partition coefficient (Wildman–Crippen LogP) is 5.47. The lowest BCUT2D eigenvalue weighted by Gasteiger charge is -2.43. The highest BCUT2D eigenvalue weighted by molar-refractivity contribution is 5.91. The second-order valence-corrected chi connectivity index (χ2v) is 17.9. The fourth-order valence-corrected chi connectivity index (χ4v) is 10.2. The van der Waals surface area contributed by atoms with Crippen molar-refractivity contribution in [2.24, 2.45) is 0 Å². The maximum atomic E-state index is 14.2. The molecule has 0 bridgehead atoms. The Balaban J connectivity index is 0.827. The van der Waals surface area contributed by atoms with Crippen molar-refractivity contribution in [2.45, 2.75) is 96.4 Å². The minimum atomic E-state index is -0.271. The van der Waals surface area contributed by atoms with Gasteiger partial charge in [0.15, 0.2) is 17.1 Å². The number of hydrogen-bond acceptors (Lipinski definition) is 11. The van der Waals surface area contributed by atoms with Crippen LogP contribution in [0.5, 0.6) is 5.75 Å². The van der Waals surface area contributed by atoms with E-state index in [1.807, 2.05) is 81.1 Å². The molecule has 2 aliphatic heterocycles. The summed E-state index contributed by atoms with van der Waals surface area (Å²) in [6, 6.07) is 14.1. The molecule has 3 N–H and O–H groups in total. The van der Waals surface area contributed by atoms with E-state index in [0.717, 1.165) is 90.2 Å². The topological polar surface area (TPSA) is 165 Å². The Labute approximate surface area is 350 Å². The largest absolute Gasteiger partial charge is 0.507 e. The third-order valence-corrected chi connectivity index (χ3v) is 13.0. The zero-order valence-electron chi connectivity index (χ0n) is 34.9. The molecule has 15 nitrogen and oxygen atoms in total. The van der Waals surface area contributed by atoms with Gasteiger partial charge in [0.25, 0.3) is 11.1 Å². The molecule has 6 aromatic heterocycles. The first-order valence-corrected chi connectivity index (χ1v) is 21.2. The van der Waals surface area contributed by atoms with Crippen LogP contribution in [0.4, 0.5) is 5.69 Å². The number of imidazole rings is 2. The highest BCUT2D eigenvalue weighted by atomic mass is 16.3. The molecule has 15 heteroatoms. The van der Waals surface area contributed by atoms with E-state index in [0.29, 0.717) is 27.8 Å². The zero-order chi connectivity index (χ0) is 41.9. The Morgan fingerprint density at radius 3 is 2.52 bits per heavy atom. The highest BCUT2D eigenvalue weighted by Gasteiger charge is 2.50. The molecule has 1 saturated carbocycles. The molecule has 1 spiro atoms. The fraction of sp³-hybridized carbons (Fsp3) is 0.370. The Morgan fingerprint density at radius 2 is 1.69 bits per heavy atom. The van der Waals surface area contributed by atoms with E-state index in [2.05, 4.69) is 44.6 Å². The van der Waals surface area contributed by atoms with Crippen molar-refractivity contribution < 1.29 is 5.11 Å². The smallest absolute Gasteiger partial charge is 0.278 e. The van der Waals surface area contributed by atoms with Gasteiger partial charge in [0.2, 0.25) is 0 Å². The number of rotatable bonds is 6. The number of phenols is 1. The Bertz CT molecular complexity index is 3210. The van der Waals surface area contributed by atoms with E-state index in [-0.39, 0.29) is 52.0 Å². The number of phenolic OH excluding ortho intramolecular Hbond substituents is 1. The standard InChI is InChI=1S/C46H48N12O3/c1-25-12-38(53-57-22-28(4)49-42(25)57)31-13-32-19-47-58(45(61)41(32)39(59)15-31)36-17-33(52-46(18-36)9-10-46)16-34-23-54(20-26(2)48-34)35-6-7-37-30(14-35)8-11-56(44(37)60)40-24-55-21-27(3)50-43(55)29(5)51-40/h6-8,11-15,19,21-22,24,26,33-34,36,48,52,59H,9-10,16-18,20,23H2,1-5H3/t26-,33?,34-,36?/m0/s1. The summed E-state index contributed by atoms with van der Waals surface area (Å²) < 4.78 is 6.91. The normalized spacial score (nSPS) is 21.4. The summed E-state index contributed by atoms with van der Waals surface area (Å²) in [5.41, 5.74) is 7.15. The number of benzene rings is 2. The lowest BCUT2D eigenvalue weighted by Crippen LogP contribution is -2.59. The SMILES string of the molecule is Cc1cn2cc(-n3ccc4cc(N5C[C@H](CC6CC(n7ncc8cc(-c9cc(C)c%10nc(C)cn%10n9)cc(O)c8c7=O)CC7(CC7)N6)N[C@@H](C)C5)ccc4c3=O)nc(C)c2n1. The molecule has 0 amide bonds. The number of fused-ring (bicyclic) bond motifs is 4. The van der Waals surface area contributed by atoms with Gasteiger partial charge in [-0.3, -0.25) is 14.2 Å². The van der Waals surface area contributed by atoms with Crippen LogP contribution in [-0.4, -0.2) is 85.2 Å². The number of piperidine rings is 1. The first-order chi connectivity index (χ1) is 29.4. The molecule has 4 atom stereocenters. The maximum Gasteiger partial charge on any atom is 0.278 e. The number of aryl methyl sites for hydroxylation is 4. The lowest BCUT2D eigenvalue weighted by atomic mass is 9.88. The van der Waals surface area contributed by atoms with Crippen molar-refractivity contribution in [1.29, 1.82) is 0 Å². The highest BCUT2D eigenvalue weighted by Crippen LogP contribution is 2.47. The van der Waals surface area contributed by atoms with Crippen molar-refractivity contribution in [1.82, 2.24) is 53.9 Å². The summed E-state index contributed by atoms with van der Waals surface area (Å²) in [7, 11) is 0. The van der Waals surface area contributed by atoms with Gasteiger partial charge in [-0.25, -0.2) is 24.1 Å². The van der Waals surface area contributed by atoms with E-state index < -0.39 is 0 Å². The third-order valence-electron chi connectivity index (χ3n) is 13.0. The molecule has 3 aliphatic rings. The second kappa shape index (κ2) is 13.8. The van der Waals surface area contributed by atoms with Crippen LogP contribution in [0.25, 0.3) is 49.9 Å². The van der Waals surface area contributed by atoms with Gasteiger partial charge < -0.3 is 25.0 Å². The van der Waals surface area contributed by atoms with E-state index in [1.165, 1.54) is 0 Å². The Hall–Kier alpha value is -6.45. The Morgan fingerprint density at radius 1 is 0.869 bits per heavy atom. The van der Waals surface area contributed by atoms with Crippen LogP contribution >= 0.6 is 0 Å². The van der Waals surface area contributed by atoms with Crippen molar-refractivity contribution in [3.63, 3.8) is 0 Å². The van der Waals surface area contributed by atoms with Gasteiger partial charge in [-0.2, -0.15) is 10.2 Å². The van der Waals surface area contributed by atoms with Crippen molar-refractivity contribution in [3.8, 4) is 22.8 Å². The summed E-state index contributed by atoms with van der Waals surface area (Å²) in [5.74, 6) is 0.483.